The van der Waals surface area contributed by atoms with Crippen LogP contribution in [0.4, 0.5) is 8.78 Å². The highest BCUT2D eigenvalue weighted by Gasteiger charge is 2.09. The number of hydrogen-bond acceptors (Lipinski definition) is 3. The Hall–Kier alpha value is -2.01. The summed E-state index contributed by atoms with van der Waals surface area (Å²) in [6, 6.07) is 6.88. The van der Waals surface area contributed by atoms with E-state index in [1.54, 1.807) is 25.1 Å². The minimum absolute atomic E-state index is 0.191. The maximum Gasteiger partial charge on any atom is 0.219 e. The number of aromatic nitrogens is 1. The molecule has 0 aliphatic heterocycles. The van der Waals surface area contributed by atoms with Gasteiger partial charge in [0.1, 0.15) is 5.75 Å². The van der Waals surface area contributed by atoms with Crippen LogP contribution in [0.2, 0.25) is 0 Å². The molecule has 94 valence electrons. The fraction of sp³-hybridized carbons (Fsp3) is 0.154. The quantitative estimate of drug-likeness (QED) is 0.911. The van der Waals surface area contributed by atoms with Crippen molar-refractivity contribution in [2.75, 3.05) is 0 Å². The van der Waals surface area contributed by atoms with Crippen LogP contribution in [-0.4, -0.2) is 10.1 Å². The summed E-state index contributed by atoms with van der Waals surface area (Å²) in [4.78, 5) is 3.99. The Morgan fingerprint density at radius 3 is 2.67 bits per heavy atom. The number of rotatable bonds is 3. The monoisotopic (exact) mass is 251 g/mol. The number of halogens is 2. The lowest BCUT2D eigenvalue weighted by Crippen LogP contribution is -1.96. The Morgan fingerprint density at radius 2 is 1.94 bits per heavy atom. The summed E-state index contributed by atoms with van der Waals surface area (Å²) in [5.41, 5.74) is 0.901. The second-order valence-electron chi connectivity index (χ2n) is 3.76. The Morgan fingerprint density at radius 1 is 1.22 bits per heavy atom. The van der Waals surface area contributed by atoms with Crippen molar-refractivity contribution in [1.82, 2.24) is 4.98 Å². The van der Waals surface area contributed by atoms with E-state index >= 15 is 0 Å². The molecule has 0 atom stereocenters. The van der Waals surface area contributed by atoms with E-state index in [1.165, 1.54) is 0 Å². The number of ether oxygens (including phenoxy) is 1. The summed E-state index contributed by atoms with van der Waals surface area (Å²) in [5, 5.41) is 8.94. The standard InChI is InChI=1S/C13H11F2NO2/c1-8-5-10(14)11(15)6-12(8)18-13-4-2-3-9(7-17)16-13/h2-6,17H,7H2,1H3. The molecule has 1 heterocycles. The Kier molecular flexibility index (Phi) is 3.53. The van der Waals surface area contributed by atoms with Gasteiger partial charge in [-0.3, -0.25) is 0 Å². The highest BCUT2D eigenvalue weighted by atomic mass is 19.2. The van der Waals surface area contributed by atoms with E-state index in [0.29, 0.717) is 11.3 Å². The van der Waals surface area contributed by atoms with Crippen LogP contribution in [0.15, 0.2) is 30.3 Å². The molecule has 1 N–H and O–H groups in total. The first kappa shape index (κ1) is 12.4. The van der Waals surface area contributed by atoms with E-state index in [4.69, 9.17) is 9.84 Å². The molecule has 0 radical (unpaired) electrons. The first-order chi connectivity index (χ1) is 8.60. The second-order valence-corrected chi connectivity index (χ2v) is 3.76. The van der Waals surface area contributed by atoms with Gasteiger partial charge in [0.2, 0.25) is 5.88 Å². The third-order valence-electron chi connectivity index (χ3n) is 2.38. The van der Waals surface area contributed by atoms with Crippen molar-refractivity contribution in [3.05, 3.63) is 53.2 Å². The molecule has 0 spiro atoms. The molecule has 0 aliphatic carbocycles. The smallest absolute Gasteiger partial charge is 0.219 e. The molecule has 0 amide bonds. The lowest BCUT2D eigenvalue weighted by molar-refractivity contribution is 0.275. The molecule has 0 saturated heterocycles. The number of aliphatic hydroxyl groups is 1. The van der Waals surface area contributed by atoms with Gasteiger partial charge in [-0.25, -0.2) is 13.8 Å². The molecule has 2 rings (SSSR count). The summed E-state index contributed by atoms with van der Waals surface area (Å²) in [5.74, 6) is -1.49. The van der Waals surface area contributed by atoms with Crippen molar-refractivity contribution in [3.8, 4) is 11.6 Å². The van der Waals surface area contributed by atoms with Crippen molar-refractivity contribution in [1.29, 1.82) is 0 Å². The van der Waals surface area contributed by atoms with E-state index in [1.807, 2.05) is 0 Å². The van der Waals surface area contributed by atoms with Crippen molar-refractivity contribution < 1.29 is 18.6 Å². The summed E-state index contributed by atoms with van der Waals surface area (Å²) in [6.45, 7) is 1.39. The van der Waals surface area contributed by atoms with Crippen LogP contribution in [0.5, 0.6) is 11.6 Å². The first-order valence-electron chi connectivity index (χ1n) is 5.30. The zero-order valence-electron chi connectivity index (χ0n) is 9.65. The number of benzene rings is 1. The van der Waals surface area contributed by atoms with Crippen molar-refractivity contribution >= 4 is 0 Å². The zero-order valence-corrected chi connectivity index (χ0v) is 9.65. The van der Waals surface area contributed by atoms with Gasteiger partial charge in [-0.1, -0.05) is 6.07 Å². The van der Waals surface area contributed by atoms with Crippen molar-refractivity contribution in [2.24, 2.45) is 0 Å². The minimum Gasteiger partial charge on any atom is -0.439 e. The average molecular weight is 251 g/mol. The van der Waals surface area contributed by atoms with Crippen LogP contribution in [-0.2, 0) is 6.61 Å². The molecule has 0 bridgehead atoms. The van der Waals surface area contributed by atoms with Gasteiger partial charge < -0.3 is 9.84 Å². The van der Waals surface area contributed by atoms with Crippen molar-refractivity contribution in [2.45, 2.75) is 13.5 Å². The molecule has 0 aliphatic rings. The lowest BCUT2D eigenvalue weighted by Gasteiger charge is -2.09. The number of pyridine rings is 1. The van der Waals surface area contributed by atoms with E-state index in [2.05, 4.69) is 4.98 Å². The highest BCUT2D eigenvalue weighted by molar-refractivity contribution is 5.36. The van der Waals surface area contributed by atoms with Crippen LogP contribution in [0.25, 0.3) is 0 Å². The molecule has 0 unspecified atom stereocenters. The Labute approximate surface area is 103 Å². The van der Waals surface area contributed by atoms with E-state index in [9.17, 15) is 8.78 Å². The number of nitrogens with zero attached hydrogens (tertiary/aromatic N) is 1. The maximum atomic E-state index is 13.1. The van der Waals surface area contributed by atoms with Gasteiger partial charge in [-0.2, -0.15) is 0 Å². The van der Waals surface area contributed by atoms with Crippen LogP contribution in [0.3, 0.4) is 0 Å². The molecular weight excluding hydrogens is 240 g/mol. The number of aliphatic hydroxyl groups excluding tert-OH is 1. The molecule has 5 heteroatoms. The summed E-state index contributed by atoms with van der Waals surface area (Å²) in [6.07, 6.45) is 0. The SMILES string of the molecule is Cc1cc(F)c(F)cc1Oc1cccc(CO)n1. The minimum atomic E-state index is -0.978. The summed E-state index contributed by atoms with van der Waals surface area (Å²) < 4.78 is 31.4. The fourth-order valence-corrected chi connectivity index (χ4v) is 1.45. The predicted molar refractivity (Wildman–Crippen MR) is 61.3 cm³/mol. The van der Waals surface area contributed by atoms with Gasteiger partial charge in [0.25, 0.3) is 0 Å². The number of hydrogen-bond donors (Lipinski definition) is 1. The fourth-order valence-electron chi connectivity index (χ4n) is 1.45. The zero-order chi connectivity index (χ0) is 13.1. The van der Waals surface area contributed by atoms with E-state index < -0.39 is 11.6 Å². The topological polar surface area (TPSA) is 42.4 Å². The van der Waals surface area contributed by atoms with Gasteiger partial charge >= 0.3 is 0 Å². The third kappa shape index (κ3) is 2.62. The van der Waals surface area contributed by atoms with E-state index in [0.717, 1.165) is 12.1 Å². The molecule has 0 saturated carbocycles. The highest BCUT2D eigenvalue weighted by Crippen LogP contribution is 2.26. The molecule has 3 nitrogen and oxygen atoms in total. The first-order valence-corrected chi connectivity index (χ1v) is 5.30. The van der Waals surface area contributed by atoms with Crippen molar-refractivity contribution in [3.63, 3.8) is 0 Å². The van der Waals surface area contributed by atoms with Crippen LogP contribution < -0.4 is 4.74 Å². The molecule has 1 aromatic heterocycles. The average Bonchev–Trinajstić information content (AvgIpc) is 2.36. The molecule has 18 heavy (non-hydrogen) atoms. The summed E-state index contributed by atoms with van der Waals surface area (Å²) >= 11 is 0. The number of aryl methyl sites for hydroxylation is 1. The van der Waals surface area contributed by atoms with Gasteiger partial charge in [0, 0.05) is 12.1 Å². The molecule has 0 fully saturated rings. The van der Waals surface area contributed by atoms with Gasteiger partial charge in [-0.15, -0.1) is 0 Å². The summed E-state index contributed by atoms with van der Waals surface area (Å²) in [7, 11) is 0. The third-order valence-corrected chi connectivity index (χ3v) is 2.38. The predicted octanol–water partition coefficient (Wildman–Crippen LogP) is 2.95. The van der Waals surface area contributed by atoms with Crippen LogP contribution in [0.1, 0.15) is 11.3 Å². The normalized spacial score (nSPS) is 10.4. The van der Waals surface area contributed by atoms with Crippen LogP contribution >= 0.6 is 0 Å². The molecule has 2 aromatic rings. The Bertz CT molecular complexity index is 573. The van der Waals surface area contributed by atoms with Gasteiger partial charge in [-0.05, 0) is 24.6 Å². The Balaban J connectivity index is 2.30. The lowest BCUT2D eigenvalue weighted by atomic mass is 10.2. The van der Waals surface area contributed by atoms with Crippen LogP contribution in [0, 0.1) is 18.6 Å². The molecule has 1 aromatic carbocycles. The largest absolute Gasteiger partial charge is 0.439 e. The van der Waals surface area contributed by atoms with E-state index in [-0.39, 0.29) is 18.2 Å². The molecular formula is C13H11F2NO2. The van der Waals surface area contributed by atoms with Gasteiger partial charge in [0.15, 0.2) is 11.6 Å². The second kappa shape index (κ2) is 5.10. The maximum absolute atomic E-state index is 13.1. The van der Waals surface area contributed by atoms with Gasteiger partial charge in [0.05, 0.1) is 12.3 Å².